The lowest BCUT2D eigenvalue weighted by Gasteiger charge is -2.13. The van der Waals surface area contributed by atoms with E-state index in [0.29, 0.717) is 10.6 Å². The van der Waals surface area contributed by atoms with Crippen molar-refractivity contribution in [2.24, 2.45) is 0 Å². The zero-order valence-electron chi connectivity index (χ0n) is 11.7. The van der Waals surface area contributed by atoms with Crippen molar-refractivity contribution in [1.29, 1.82) is 0 Å². The van der Waals surface area contributed by atoms with Crippen LogP contribution < -0.4 is 4.72 Å². The van der Waals surface area contributed by atoms with E-state index in [1.165, 1.54) is 0 Å². The molecule has 0 radical (unpaired) electrons. The molecule has 0 fully saturated rings. The van der Waals surface area contributed by atoms with Crippen LogP contribution in [0.5, 0.6) is 0 Å². The van der Waals surface area contributed by atoms with Crippen molar-refractivity contribution < 1.29 is 8.42 Å². The summed E-state index contributed by atoms with van der Waals surface area (Å²) in [6.45, 7) is 5.46. The lowest BCUT2D eigenvalue weighted by Crippen LogP contribution is -2.14. The number of benzene rings is 2. The molecule has 0 atom stereocenters. The fourth-order valence-corrected chi connectivity index (χ4v) is 4.02. The fraction of sp³-hybridized carbons (Fsp3) is 0.125. The van der Waals surface area contributed by atoms with Gasteiger partial charge in [-0.25, -0.2) is 8.42 Å². The Hall–Kier alpha value is -1.72. The highest BCUT2D eigenvalue weighted by Crippen LogP contribution is 2.29. The number of para-hydroxylation sites is 1. The Bertz CT molecular complexity index is 739. The van der Waals surface area contributed by atoms with E-state index in [1.54, 1.807) is 49.0 Å². The molecule has 0 aliphatic rings. The number of hydrogen-bond acceptors (Lipinski definition) is 3. The maximum atomic E-state index is 12.5. The molecular formula is C16H17NO2S2. The van der Waals surface area contributed by atoms with Gasteiger partial charge in [0.2, 0.25) is 0 Å². The molecule has 0 saturated heterocycles. The van der Waals surface area contributed by atoms with Crippen LogP contribution in [0.1, 0.15) is 5.56 Å². The zero-order valence-corrected chi connectivity index (χ0v) is 13.4. The highest BCUT2D eigenvalue weighted by Gasteiger charge is 2.17. The normalized spacial score (nSPS) is 11.1. The minimum absolute atomic E-state index is 0.300. The topological polar surface area (TPSA) is 46.2 Å². The first-order valence-corrected chi connectivity index (χ1v) is 8.92. The molecule has 0 aliphatic heterocycles. The maximum absolute atomic E-state index is 12.5. The van der Waals surface area contributed by atoms with Crippen molar-refractivity contribution in [2.75, 3.05) is 10.5 Å². The third-order valence-corrected chi connectivity index (χ3v) is 5.47. The Balaban J connectivity index is 2.33. The molecule has 0 saturated carbocycles. The molecule has 0 aliphatic carbocycles. The molecule has 110 valence electrons. The van der Waals surface area contributed by atoms with E-state index >= 15 is 0 Å². The second kappa shape index (κ2) is 6.83. The van der Waals surface area contributed by atoms with Crippen molar-refractivity contribution in [1.82, 2.24) is 0 Å². The molecule has 0 bridgehead atoms. The quantitative estimate of drug-likeness (QED) is 0.645. The van der Waals surface area contributed by atoms with Crippen molar-refractivity contribution in [3.63, 3.8) is 0 Å². The summed E-state index contributed by atoms with van der Waals surface area (Å²) in [6, 6.07) is 14.3. The number of nitrogens with one attached hydrogen (secondary N) is 1. The summed E-state index contributed by atoms with van der Waals surface area (Å²) in [5.41, 5.74) is 1.31. The zero-order chi connectivity index (χ0) is 15.3. The van der Waals surface area contributed by atoms with Gasteiger partial charge in [0.1, 0.15) is 0 Å². The SMILES string of the molecule is C=CCSc1ccccc1NS(=O)(=O)c1ccccc1C. The third-order valence-electron chi connectivity index (χ3n) is 2.87. The van der Waals surface area contributed by atoms with E-state index in [2.05, 4.69) is 11.3 Å². The Morgan fingerprint density at radius 2 is 1.81 bits per heavy atom. The summed E-state index contributed by atoms with van der Waals surface area (Å²) < 4.78 is 27.7. The minimum atomic E-state index is -3.58. The van der Waals surface area contributed by atoms with Gasteiger partial charge in [0.05, 0.1) is 10.6 Å². The summed E-state index contributed by atoms with van der Waals surface area (Å²) in [4.78, 5) is 1.18. The molecule has 0 heterocycles. The van der Waals surface area contributed by atoms with Crippen LogP contribution in [0.3, 0.4) is 0 Å². The Labute approximate surface area is 130 Å². The van der Waals surface area contributed by atoms with Crippen molar-refractivity contribution in [3.05, 3.63) is 66.7 Å². The molecule has 3 nitrogen and oxygen atoms in total. The number of hydrogen-bond donors (Lipinski definition) is 1. The largest absolute Gasteiger partial charge is 0.278 e. The molecule has 0 unspecified atom stereocenters. The molecule has 2 aromatic rings. The van der Waals surface area contributed by atoms with E-state index in [-0.39, 0.29) is 0 Å². The standard InChI is InChI=1S/C16H17NO2S2/c1-3-12-20-15-10-6-5-9-14(15)17-21(18,19)16-11-7-4-8-13(16)2/h3-11,17H,1,12H2,2H3. The van der Waals surface area contributed by atoms with Gasteiger partial charge in [-0.3, -0.25) is 4.72 Å². The van der Waals surface area contributed by atoms with Gasteiger partial charge in [-0.1, -0.05) is 36.4 Å². The van der Waals surface area contributed by atoms with Crippen LogP contribution in [0.4, 0.5) is 5.69 Å². The number of thioether (sulfide) groups is 1. The summed E-state index contributed by atoms with van der Waals surface area (Å²) in [5, 5.41) is 0. The lowest BCUT2D eigenvalue weighted by atomic mass is 10.2. The highest BCUT2D eigenvalue weighted by molar-refractivity contribution is 7.99. The Kier molecular flexibility index (Phi) is 5.09. The van der Waals surface area contributed by atoms with Crippen molar-refractivity contribution in [2.45, 2.75) is 16.7 Å². The Morgan fingerprint density at radius 1 is 1.14 bits per heavy atom. The van der Waals surface area contributed by atoms with Gasteiger partial charge in [-0.15, -0.1) is 18.3 Å². The predicted molar refractivity (Wildman–Crippen MR) is 89.4 cm³/mol. The number of aryl methyl sites for hydroxylation is 1. The molecular weight excluding hydrogens is 302 g/mol. The van der Waals surface area contributed by atoms with E-state index in [1.807, 2.05) is 24.3 Å². The van der Waals surface area contributed by atoms with Crippen LogP contribution in [0.2, 0.25) is 0 Å². The molecule has 5 heteroatoms. The van der Waals surface area contributed by atoms with Crippen LogP contribution in [0, 0.1) is 6.92 Å². The summed E-state index contributed by atoms with van der Waals surface area (Å²) >= 11 is 1.54. The van der Waals surface area contributed by atoms with E-state index in [0.717, 1.165) is 16.2 Å². The van der Waals surface area contributed by atoms with Gasteiger partial charge < -0.3 is 0 Å². The van der Waals surface area contributed by atoms with Gasteiger partial charge in [-0.2, -0.15) is 0 Å². The fourth-order valence-electron chi connectivity index (χ4n) is 1.88. The summed E-state index contributed by atoms with van der Waals surface area (Å²) in [7, 11) is -3.58. The molecule has 0 spiro atoms. The van der Waals surface area contributed by atoms with Crippen molar-refractivity contribution in [3.8, 4) is 0 Å². The van der Waals surface area contributed by atoms with Crippen LogP contribution in [-0.4, -0.2) is 14.2 Å². The molecule has 0 amide bonds. The van der Waals surface area contributed by atoms with Gasteiger partial charge in [0, 0.05) is 10.6 Å². The van der Waals surface area contributed by atoms with Crippen LogP contribution in [0.15, 0.2) is 71.0 Å². The molecule has 21 heavy (non-hydrogen) atoms. The predicted octanol–water partition coefficient (Wildman–Crippen LogP) is 4.07. The third kappa shape index (κ3) is 3.89. The number of anilines is 1. The Morgan fingerprint density at radius 3 is 2.52 bits per heavy atom. The molecule has 2 aromatic carbocycles. The van der Waals surface area contributed by atoms with Crippen LogP contribution in [0.25, 0.3) is 0 Å². The van der Waals surface area contributed by atoms with Crippen LogP contribution in [-0.2, 0) is 10.0 Å². The van der Waals surface area contributed by atoms with Gasteiger partial charge in [-0.05, 0) is 30.7 Å². The number of sulfonamides is 1. The summed E-state index contributed by atoms with van der Waals surface area (Å²) in [6.07, 6.45) is 1.79. The average molecular weight is 319 g/mol. The first-order valence-electron chi connectivity index (χ1n) is 6.46. The molecule has 0 aromatic heterocycles. The first kappa shape index (κ1) is 15.7. The van der Waals surface area contributed by atoms with Crippen LogP contribution >= 0.6 is 11.8 Å². The number of rotatable bonds is 6. The van der Waals surface area contributed by atoms with E-state index in [9.17, 15) is 8.42 Å². The second-order valence-corrected chi connectivity index (χ2v) is 7.18. The highest BCUT2D eigenvalue weighted by atomic mass is 32.2. The average Bonchev–Trinajstić information content (AvgIpc) is 2.46. The lowest BCUT2D eigenvalue weighted by molar-refractivity contribution is 0.600. The first-order chi connectivity index (χ1) is 10.0. The molecule has 2 rings (SSSR count). The second-order valence-electron chi connectivity index (χ2n) is 4.47. The van der Waals surface area contributed by atoms with Gasteiger partial charge in [0.15, 0.2) is 0 Å². The maximum Gasteiger partial charge on any atom is 0.262 e. The van der Waals surface area contributed by atoms with Gasteiger partial charge >= 0.3 is 0 Å². The van der Waals surface area contributed by atoms with Crippen molar-refractivity contribution >= 4 is 27.5 Å². The van der Waals surface area contributed by atoms with Gasteiger partial charge in [0.25, 0.3) is 10.0 Å². The van der Waals surface area contributed by atoms with E-state index in [4.69, 9.17) is 0 Å². The molecule has 1 N–H and O–H groups in total. The smallest absolute Gasteiger partial charge is 0.262 e. The summed E-state index contributed by atoms with van der Waals surface area (Å²) in [5.74, 6) is 0.725. The minimum Gasteiger partial charge on any atom is -0.278 e. The van der Waals surface area contributed by atoms with E-state index < -0.39 is 10.0 Å². The monoisotopic (exact) mass is 319 g/mol.